The molecule has 160 valence electrons. The van der Waals surface area contributed by atoms with E-state index in [0.29, 0.717) is 37.7 Å². The quantitative estimate of drug-likeness (QED) is 0.452. The number of unbranched alkanes of at least 4 members (excludes halogenated alkanes) is 1. The predicted octanol–water partition coefficient (Wildman–Crippen LogP) is 1.99. The summed E-state index contributed by atoms with van der Waals surface area (Å²) in [7, 11) is -0.0587. The summed E-state index contributed by atoms with van der Waals surface area (Å²) in [6.07, 6.45) is 2.63. The van der Waals surface area contributed by atoms with Crippen molar-refractivity contribution in [3.05, 3.63) is 36.4 Å². The molecule has 1 atom stereocenters. The number of rotatable bonds is 12. The smallest absolute Gasteiger partial charge is 0.241 e. The molecule has 29 heavy (non-hydrogen) atoms. The molecule has 0 saturated heterocycles. The van der Waals surface area contributed by atoms with E-state index in [2.05, 4.69) is 4.72 Å². The molecule has 7 nitrogen and oxygen atoms in total. The molecule has 0 saturated carbocycles. The fraction of sp³-hybridized carbons (Fsp3) is 0.476. The zero-order valence-corrected chi connectivity index (χ0v) is 18.0. The van der Waals surface area contributed by atoms with Crippen LogP contribution in [0.1, 0.15) is 32.1 Å². The van der Waals surface area contributed by atoms with Crippen LogP contribution in [0.5, 0.6) is 0 Å². The van der Waals surface area contributed by atoms with Crippen molar-refractivity contribution in [2.24, 2.45) is 11.5 Å². The Morgan fingerprint density at radius 1 is 1.00 bits per heavy atom. The molecule has 0 amide bonds. The first kappa shape index (κ1) is 23.3. The number of Topliss-reactive ketones (excluding diaryl/α,β-unsaturated/α-hetero) is 1. The van der Waals surface area contributed by atoms with Crippen LogP contribution in [0.25, 0.3) is 10.8 Å². The van der Waals surface area contributed by atoms with Gasteiger partial charge >= 0.3 is 0 Å². The van der Waals surface area contributed by atoms with Gasteiger partial charge in [-0.2, -0.15) is 0 Å². The fourth-order valence-corrected chi connectivity index (χ4v) is 4.84. The summed E-state index contributed by atoms with van der Waals surface area (Å²) < 4.78 is 29.1. The van der Waals surface area contributed by atoms with Gasteiger partial charge in [-0.05, 0) is 44.5 Å². The molecule has 0 radical (unpaired) electrons. The Morgan fingerprint density at radius 3 is 2.31 bits per heavy atom. The third kappa shape index (κ3) is 5.99. The molecule has 0 fully saturated rings. The van der Waals surface area contributed by atoms with Crippen molar-refractivity contribution in [1.29, 1.82) is 0 Å². The first-order chi connectivity index (χ1) is 13.8. The van der Waals surface area contributed by atoms with Crippen LogP contribution in [-0.4, -0.2) is 47.4 Å². The summed E-state index contributed by atoms with van der Waals surface area (Å²) in [5.41, 5.74) is 12.0. The third-order valence-corrected chi connectivity index (χ3v) is 6.42. The minimum absolute atomic E-state index is 0.134. The van der Waals surface area contributed by atoms with Gasteiger partial charge in [-0.15, -0.1) is 0 Å². The number of anilines is 1. The monoisotopic (exact) mass is 420 g/mol. The molecule has 0 aliphatic rings. The second kappa shape index (κ2) is 10.7. The van der Waals surface area contributed by atoms with Crippen molar-refractivity contribution in [1.82, 2.24) is 4.72 Å². The lowest BCUT2D eigenvalue weighted by atomic mass is 10.0. The lowest BCUT2D eigenvalue weighted by Crippen LogP contribution is -2.41. The topological polar surface area (TPSA) is 119 Å². The van der Waals surface area contributed by atoms with Gasteiger partial charge in [0.05, 0.1) is 10.9 Å². The molecule has 0 unspecified atom stereocenters. The molecule has 5 N–H and O–H groups in total. The lowest BCUT2D eigenvalue weighted by Gasteiger charge is -2.20. The standard InChI is InChI=1S/C21H32N4O3S/c1-25(2)19-11-5-9-17-16(19)8-6-13-21(17)29(27,28)24-18(10-3-4-14-22)20(26)12-7-15-23/h5-6,8-9,11,13,18,24H,3-4,7,10,12,14-15,22-23H2,1-2H3/t18-/m0/s1. The van der Waals surface area contributed by atoms with E-state index < -0.39 is 16.1 Å². The molecular weight excluding hydrogens is 388 g/mol. The van der Waals surface area contributed by atoms with E-state index in [9.17, 15) is 13.2 Å². The van der Waals surface area contributed by atoms with Crippen LogP contribution in [0.2, 0.25) is 0 Å². The number of carbonyl (C=O) groups excluding carboxylic acids is 1. The maximum atomic E-state index is 13.2. The van der Waals surface area contributed by atoms with E-state index >= 15 is 0 Å². The van der Waals surface area contributed by atoms with Crippen LogP contribution in [-0.2, 0) is 14.8 Å². The highest BCUT2D eigenvalue weighted by Crippen LogP contribution is 2.30. The average molecular weight is 421 g/mol. The number of ketones is 1. The number of benzene rings is 2. The van der Waals surface area contributed by atoms with E-state index in [1.165, 1.54) is 0 Å². The summed E-state index contributed by atoms with van der Waals surface area (Å²) in [4.78, 5) is 14.7. The fourth-order valence-electron chi connectivity index (χ4n) is 3.37. The molecular formula is C21H32N4O3S. The first-order valence-corrected chi connectivity index (χ1v) is 11.4. The van der Waals surface area contributed by atoms with Gasteiger partial charge in [0.2, 0.25) is 10.0 Å². The highest BCUT2D eigenvalue weighted by molar-refractivity contribution is 7.89. The molecule has 0 spiro atoms. The van der Waals surface area contributed by atoms with Crippen molar-refractivity contribution in [3.8, 4) is 0 Å². The molecule has 2 aromatic carbocycles. The highest BCUT2D eigenvalue weighted by atomic mass is 32.2. The number of hydrogen-bond donors (Lipinski definition) is 3. The van der Waals surface area contributed by atoms with Crippen LogP contribution in [0, 0.1) is 0 Å². The Bertz CT molecular complexity index is 929. The molecule has 0 aliphatic heterocycles. The van der Waals surface area contributed by atoms with Crippen molar-refractivity contribution in [2.45, 2.75) is 43.0 Å². The number of fused-ring (bicyclic) bond motifs is 1. The van der Waals surface area contributed by atoms with Crippen molar-refractivity contribution in [2.75, 3.05) is 32.1 Å². The zero-order valence-electron chi connectivity index (χ0n) is 17.2. The lowest BCUT2D eigenvalue weighted by molar-refractivity contribution is -0.120. The van der Waals surface area contributed by atoms with E-state index in [1.807, 2.05) is 37.2 Å². The molecule has 8 heteroatoms. The number of sulfonamides is 1. The largest absolute Gasteiger partial charge is 0.377 e. The first-order valence-electron chi connectivity index (χ1n) is 9.96. The minimum atomic E-state index is -3.89. The molecule has 0 aliphatic carbocycles. The van der Waals surface area contributed by atoms with Crippen LogP contribution in [0.15, 0.2) is 41.3 Å². The van der Waals surface area contributed by atoms with Crippen LogP contribution >= 0.6 is 0 Å². The molecule has 0 aromatic heterocycles. The molecule has 2 rings (SSSR count). The van der Waals surface area contributed by atoms with Gasteiger partial charge in [0, 0.05) is 37.0 Å². The van der Waals surface area contributed by atoms with Crippen molar-refractivity contribution in [3.63, 3.8) is 0 Å². The number of hydrogen-bond acceptors (Lipinski definition) is 6. The maximum absolute atomic E-state index is 13.2. The van der Waals surface area contributed by atoms with E-state index in [1.54, 1.807) is 18.2 Å². The minimum Gasteiger partial charge on any atom is -0.377 e. The zero-order chi connectivity index (χ0) is 21.4. The Kier molecular flexibility index (Phi) is 8.58. The summed E-state index contributed by atoms with van der Waals surface area (Å²) in [5.74, 6) is -0.134. The van der Waals surface area contributed by atoms with Crippen molar-refractivity contribution >= 4 is 32.3 Å². The number of nitrogens with one attached hydrogen (secondary N) is 1. The van der Waals surface area contributed by atoms with Gasteiger partial charge in [-0.25, -0.2) is 13.1 Å². The second-order valence-electron chi connectivity index (χ2n) is 7.34. The molecule has 0 bridgehead atoms. The Labute approximate surface area is 173 Å². The summed E-state index contributed by atoms with van der Waals surface area (Å²) >= 11 is 0. The number of nitrogens with zero attached hydrogens (tertiary/aromatic N) is 1. The van der Waals surface area contributed by atoms with Gasteiger partial charge in [0.15, 0.2) is 5.78 Å². The van der Waals surface area contributed by atoms with Gasteiger partial charge < -0.3 is 16.4 Å². The van der Waals surface area contributed by atoms with E-state index in [4.69, 9.17) is 11.5 Å². The van der Waals surface area contributed by atoms with Crippen LogP contribution in [0.4, 0.5) is 5.69 Å². The molecule has 0 heterocycles. The average Bonchev–Trinajstić information content (AvgIpc) is 2.70. The van der Waals surface area contributed by atoms with E-state index in [-0.39, 0.29) is 17.1 Å². The SMILES string of the molecule is CN(C)c1cccc2c(S(=O)(=O)N[C@@H](CCCCN)C(=O)CCCN)cccc12. The van der Waals surface area contributed by atoms with Crippen molar-refractivity contribution < 1.29 is 13.2 Å². The Balaban J connectivity index is 2.39. The summed E-state index contributed by atoms with van der Waals surface area (Å²) in [6, 6.07) is 9.99. The van der Waals surface area contributed by atoms with Gasteiger partial charge in [-0.3, -0.25) is 4.79 Å². The van der Waals surface area contributed by atoms with Crippen LogP contribution in [0.3, 0.4) is 0 Å². The highest BCUT2D eigenvalue weighted by Gasteiger charge is 2.26. The normalized spacial score (nSPS) is 12.8. The summed E-state index contributed by atoms with van der Waals surface area (Å²) in [6.45, 7) is 0.901. The van der Waals surface area contributed by atoms with Gasteiger partial charge in [0.25, 0.3) is 0 Å². The van der Waals surface area contributed by atoms with Gasteiger partial charge in [-0.1, -0.05) is 30.7 Å². The number of carbonyl (C=O) groups is 1. The second-order valence-corrected chi connectivity index (χ2v) is 9.02. The number of nitrogens with two attached hydrogens (primary N) is 2. The molecule has 2 aromatic rings. The predicted molar refractivity (Wildman–Crippen MR) is 119 cm³/mol. The van der Waals surface area contributed by atoms with E-state index in [0.717, 1.165) is 17.5 Å². The van der Waals surface area contributed by atoms with Gasteiger partial charge in [0.1, 0.15) is 0 Å². The Morgan fingerprint density at radius 2 is 1.66 bits per heavy atom. The third-order valence-electron chi connectivity index (χ3n) is 4.89. The summed E-state index contributed by atoms with van der Waals surface area (Å²) in [5, 5.41) is 1.47. The maximum Gasteiger partial charge on any atom is 0.241 e. The van der Waals surface area contributed by atoms with Crippen LogP contribution < -0.4 is 21.1 Å². The Hall–Kier alpha value is -2.00.